The molecule has 2 rings (SSSR count). The van der Waals surface area contributed by atoms with Gasteiger partial charge in [-0.05, 0) is 44.9 Å². The van der Waals surface area contributed by atoms with Gasteiger partial charge in [0.15, 0.2) is 0 Å². The molecule has 5 nitrogen and oxygen atoms in total. The third kappa shape index (κ3) is 4.18. The lowest BCUT2D eigenvalue weighted by Crippen LogP contribution is -2.52. The quantitative estimate of drug-likeness (QED) is 0.898. The molecule has 1 aromatic carbocycles. The molecule has 7 heteroatoms. The van der Waals surface area contributed by atoms with Crippen molar-refractivity contribution in [2.75, 3.05) is 25.0 Å². The van der Waals surface area contributed by atoms with Crippen molar-refractivity contribution in [1.82, 2.24) is 9.03 Å². The molecule has 0 saturated carbocycles. The van der Waals surface area contributed by atoms with Gasteiger partial charge in [0.25, 0.3) is 10.2 Å². The highest BCUT2D eigenvalue weighted by molar-refractivity contribution is 7.87. The number of nitrogens with one attached hydrogen (secondary N) is 1. The lowest BCUT2D eigenvalue weighted by Gasteiger charge is -2.35. The van der Waals surface area contributed by atoms with Gasteiger partial charge < -0.3 is 4.90 Å². The first-order chi connectivity index (χ1) is 10.3. The first-order valence-electron chi connectivity index (χ1n) is 7.55. The van der Waals surface area contributed by atoms with E-state index in [-0.39, 0.29) is 17.9 Å². The van der Waals surface area contributed by atoms with Crippen LogP contribution in [0.25, 0.3) is 0 Å². The Balaban J connectivity index is 2.05. The molecule has 1 saturated heterocycles. The molecule has 22 heavy (non-hydrogen) atoms. The molecule has 124 valence electrons. The molecule has 1 atom stereocenters. The van der Waals surface area contributed by atoms with Crippen LogP contribution in [0, 0.1) is 5.82 Å². The van der Waals surface area contributed by atoms with Crippen molar-refractivity contribution < 1.29 is 12.8 Å². The second-order valence-corrected chi connectivity index (χ2v) is 7.76. The molecule has 1 aromatic rings. The van der Waals surface area contributed by atoms with Gasteiger partial charge >= 0.3 is 0 Å². The fourth-order valence-electron chi connectivity index (χ4n) is 2.55. The predicted molar refractivity (Wildman–Crippen MR) is 86.6 cm³/mol. The Bertz CT molecular complexity index is 607. The van der Waals surface area contributed by atoms with Crippen LogP contribution in [0.15, 0.2) is 24.3 Å². The molecule has 1 aliphatic rings. The maximum absolute atomic E-state index is 13.3. The summed E-state index contributed by atoms with van der Waals surface area (Å²) in [5, 5.41) is 0. The highest BCUT2D eigenvalue weighted by Crippen LogP contribution is 2.21. The van der Waals surface area contributed by atoms with Crippen LogP contribution in [0.4, 0.5) is 10.1 Å². The normalized spacial score (nSPS) is 19.9. The smallest absolute Gasteiger partial charge is 0.279 e. The van der Waals surface area contributed by atoms with E-state index in [1.807, 2.05) is 24.8 Å². The first-order valence-corrected chi connectivity index (χ1v) is 8.99. The Hall–Kier alpha value is -1.18. The van der Waals surface area contributed by atoms with E-state index in [0.29, 0.717) is 6.54 Å². The van der Waals surface area contributed by atoms with Crippen LogP contribution in [-0.2, 0) is 10.2 Å². The molecular formula is C15H24FN3O2S. The molecular weight excluding hydrogens is 305 g/mol. The second kappa shape index (κ2) is 6.93. The van der Waals surface area contributed by atoms with Crippen molar-refractivity contribution in [2.24, 2.45) is 0 Å². The maximum atomic E-state index is 13.3. The zero-order chi connectivity index (χ0) is 16.3. The monoisotopic (exact) mass is 329 g/mol. The van der Waals surface area contributed by atoms with Gasteiger partial charge in [0.05, 0.1) is 0 Å². The summed E-state index contributed by atoms with van der Waals surface area (Å²) in [5.74, 6) is -0.278. The minimum Gasteiger partial charge on any atom is -0.370 e. The molecule has 0 bridgehead atoms. The van der Waals surface area contributed by atoms with Crippen molar-refractivity contribution in [2.45, 2.75) is 38.8 Å². The van der Waals surface area contributed by atoms with E-state index in [0.717, 1.165) is 25.1 Å². The molecule has 1 aliphatic heterocycles. The van der Waals surface area contributed by atoms with Gasteiger partial charge in [0, 0.05) is 37.9 Å². The summed E-state index contributed by atoms with van der Waals surface area (Å²) in [5.41, 5.74) is 0.793. The Morgan fingerprint density at radius 2 is 2.14 bits per heavy atom. The van der Waals surface area contributed by atoms with Crippen LogP contribution in [0.3, 0.4) is 0 Å². The average molecular weight is 329 g/mol. The van der Waals surface area contributed by atoms with E-state index in [2.05, 4.69) is 4.72 Å². The lowest BCUT2D eigenvalue weighted by atomic mass is 10.1. The van der Waals surface area contributed by atoms with Gasteiger partial charge in [-0.15, -0.1) is 0 Å². The van der Waals surface area contributed by atoms with Crippen molar-refractivity contribution in [3.05, 3.63) is 30.1 Å². The third-order valence-corrected chi connectivity index (χ3v) is 5.83. The van der Waals surface area contributed by atoms with Gasteiger partial charge in [0.2, 0.25) is 0 Å². The second-order valence-electron chi connectivity index (χ2n) is 6.00. The third-order valence-electron chi connectivity index (χ3n) is 4.02. The SMILES string of the molecule is CC(C)N(C)S(=O)(=O)NC1CCCN(c2cccc(F)c2)C1. The van der Waals surface area contributed by atoms with Gasteiger partial charge in [-0.3, -0.25) is 0 Å². The summed E-state index contributed by atoms with van der Waals surface area (Å²) in [4.78, 5) is 2.02. The standard InChI is InChI=1S/C15H24FN3O2S/c1-12(2)18(3)22(20,21)17-14-7-5-9-19(11-14)15-8-4-6-13(16)10-15/h4,6,8,10,12,14,17H,5,7,9,11H2,1-3H3. The number of benzene rings is 1. The van der Waals surface area contributed by atoms with E-state index in [4.69, 9.17) is 0 Å². The van der Waals surface area contributed by atoms with Crippen LogP contribution in [0.2, 0.25) is 0 Å². The Morgan fingerprint density at radius 3 is 2.77 bits per heavy atom. The Morgan fingerprint density at radius 1 is 1.41 bits per heavy atom. The highest BCUT2D eigenvalue weighted by atomic mass is 32.2. The Labute approximate surface area is 132 Å². The number of nitrogens with zero attached hydrogens (tertiary/aromatic N) is 2. The number of rotatable bonds is 5. The van der Waals surface area contributed by atoms with Crippen LogP contribution < -0.4 is 9.62 Å². The molecule has 1 fully saturated rings. The van der Waals surface area contributed by atoms with Gasteiger partial charge in [-0.2, -0.15) is 17.4 Å². The largest absolute Gasteiger partial charge is 0.370 e. The highest BCUT2D eigenvalue weighted by Gasteiger charge is 2.27. The number of hydrogen-bond donors (Lipinski definition) is 1. The number of piperidine rings is 1. The minimum atomic E-state index is -3.49. The van der Waals surface area contributed by atoms with Crippen LogP contribution >= 0.6 is 0 Å². The van der Waals surface area contributed by atoms with Crippen LogP contribution in [-0.4, -0.2) is 44.9 Å². The molecule has 0 amide bonds. The number of hydrogen-bond acceptors (Lipinski definition) is 3. The van der Waals surface area contributed by atoms with Crippen molar-refractivity contribution >= 4 is 15.9 Å². The van der Waals surface area contributed by atoms with E-state index < -0.39 is 10.2 Å². The molecule has 0 aromatic heterocycles. The van der Waals surface area contributed by atoms with E-state index in [1.165, 1.54) is 16.4 Å². The minimum absolute atomic E-state index is 0.0968. The van der Waals surface area contributed by atoms with E-state index >= 15 is 0 Å². The molecule has 1 N–H and O–H groups in total. The molecule has 1 heterocycles. The predicted octanol–water partition coefficient (Wildman–Crippen LogP) is 1.97. The summed E-state index contributed by atoms with van der Waals surface area (Å²) in [7, 11) is -1.92. The lowest BCUT2D eigenvalue weighted by molar-refractivity contribution is 0.386. The van der Waals surface area contributed by atoms with Crippen molar-refractivity contribution in [3.8, 4) is 0 Å². The van der Waals surface area contributed by atoms with E-state index in [1.54, 1.807) is 13.1 Å². The van der Waals surface area contributed by atoms with E-state index in [9.17, 15) is 12.8 Å². The first kappa shape index (κ1) is 17.2. The zero-order valence-corrected chi connectivity index (χ0v) is 14.1. The molecule has 0 radical (unpaired) electrons. The molecule has 0 aliphatic carbocycles. The number of halogens is 1. The summed E-state index contributed by atoms with van der Waals surface area (Å²) in [6.07, 6.45) is 1.66. The van der Waals surface area contributed by atoms with Crippen molar-refractivity contribution in [1.29, 1.82) is 0 Å². The fourth-order valence-corrected chi connectivity index (χ4v) is 3.89. The van der Waals surface area contributed by atoms with Crippen molar-refractivity contribution in [3.63, 3.8) is 0 Å². The molecule has 0 spiro atoms. The average Bonchev–Trinajstić information content (AvgIpc) is 2.46. The number of anilines is 1. The molecule has 1 unspecified atom stereocenters. The Kier molecular flexibility index (Phi) is 5.41. The fraction of sp³-hybridized carbons (Fsp3) is 0.600. The zero-order valence-electron chi connectivity index (χ0n) is 13.3. The van der Waals surface area contributed by atoms with Crippen LogP contribution in [0.5, 0.6) is 0 Å². The summed E-state index contributed by atoms with van der Waals surface area (Å²) in [6.45, 7) is 5.02. The summed E-state index contributed by atoms with van der Waals surface area (Å²) in [6, 6.07) is 6.15. The van der Waals surface area contributed by atoms with Gasteiger partial charge in [-0.25, -0.2) is 4.39 Å². The van der Waals surface area contributed by atoms with Gasteiger partial charge in [0.1, 0.15) is 5.82 Å². The van der Waals surface area contributed by atoms with Gasteiger partial charge in [-0.1, -0.05) is 6.07 Å². The summed E-state index contributed by atoms with van der Waals surface area (Å²) < 4.78 is 42.0. The topological polar surface area (TPSA) is 52.7 Å². The van der Waals surface area contributed by atoms with Crippen LogP contribution in [0.1, 0.15) is 26.7 Å². The summed E-state index contributed by atoms with van der Waals surface area (Å²) >= 11 is 0. The maximum Gasteiger partial charge on any atom is 0.279 e.